The number of carbonyl (C=O) groups is 1. The molecule has 3 rings (SSSR count). The lowest BCUT2D eigenvalue weighted by Gasteiger charge is -2.09. The van der Waals surface area contributed by atoms with Gasteiger partial charge in [-0.15, -0.1) is 11.3 Å². The van der Waals surface area contributed by atoms with E-state index in [2.05, 4.69) is 0 Å². The van der Waals surface area contributed by atoms with Crippen molar-refractivity contribution >= 4 is 27.4 Å². The molecule has 0 aliphatic carbocycles. The Morgan fingerprint density at radius 2 is 1.91 bits per heavy atom. The van der Waals surface area contributed by atoms with Gasteiger partial charge in [0.2, 0.25) is 0 Å². The van der Waals surface area contributed by atoms with Crippen molar-refractivity contribution < 1.29 is 27.8 Å². The van der Waals surface area contributed by atoms with Gasteiger partial charge in [0.1, 0.15) is 10.7 Å². The Morgan fingerprint density at radius 3 is 2.57 bits per heavy atom. The first-order valence-electron chi connectivity index (χ1n) is 6.41. The van der Waals surface area contributed by atoms with Crippen molar-refractivity contribution in [2.75, 3.05) is 7.11 Å². The predicted octanol–water partition coefficient (Wildman–Crippen LogP) is 4.69. The monoisotopic (exact) mass is 338 g/mol. The number of hydrogen-bond acceptors (Lipinski definition) is 3. The van der Waals surface area contributed by atoms with Crippen molar-refractivity contribution in [1.82, 2.24) is 0 Å². The van der Waals surface area contributed by atoms with Crippen LogP contribution in [0.4, 0.5) is 13.2 Å². The highest BCUT2D eigenvalue weighted by Crippen LogP contribution is 2.42. The van der Waals surface area contributed by atoms with Crippen LogP contribution in [0.3, 0.4) is 0 Å². The third kappa shape index (κ3) is 2.43. The predicted molar refractivity (Wildman–Crippen MR) is 80.6 cm³/mol. The summed E-state index contributed by atoms with van der Waals surface area (Å²) < 4.78 is 46.5. The molecule has 0 saturated carbocycles. The maximum atomic E-state index is 14.5. The van der Waals surface area contributed by atoms with Crippen LogP contribution in [0.25, 0.3) is 21.2 Å². The molecule has 7 heteroatoms. The maximum Gasteiger partial charge on any atom is 0.346 e. The highest BCUT2D eigenvalue weighted by Gasteiger charge is 2.24. The number of ether oxygens (including phenoxy) is 1. The van der Waals surface area contributed by atoms with Crippen LogP contribution < -0.4 is 4.74 Å². The second-order valence-corrected chi connectivity index (χ2v) is 5.75. The molecule has 1 N–H and O–H groups in total. The van der Waals surface area contributed by atoms with E-state index >= 15 is 0 Å². The summed E-state index contributed by atoms with van der Waals surface area (Å²) >= 11 is 0.827. The highest BCUT2D eigenvalue weighted by atomic mass is 32.1. The van der Waals surface area contributed by atoms with E-state index in [0.29, 0.717) is 10.1 Å². The Morgan fingerprint density at radius 1 is 1.17 bits per heavy atom. The van der Waals surface area contributed by atoms with Crippen molar-refractivity contribution in [3.05, 3.63) is 52.7 Å². The molecule has 1 heterocycles. The summed E-state index contributed by atoms with van der Waals surface area (Å²) in [5.41, 5.74) is -0.0354. The summed E-state index contributed by atoms with van der Waals surface area (Å²) in [5.74, 6) is -4.29. The van der Waals surface area contributed by atoms with Gasteiger partial charge in [-0.3, -0.25) is 0 Å². The van der Waals surface area contributed by atoms with Gasteiger partial charge >= 0.3 is 5.97 Å². The molecule has 0 fully saturated rings. The number of aromatic carboxylic acids is 1. The normalized spacial score (nSPS) is 11.0. The van der Waals surface area contributed by atoms with Crippen LogP contribution in [0, 0.1) is 17.5 Å². The summed E-state index contributed by atoms with van der Waals surface area (Å²) in [7, 11) is 1.12. The molecular formula is C16H9F3O3S. The van der Waals surface area contributed by atoms with E-state index in [9.17, 15) is 23.1 Å². The molecule has 0 aliphatic rings. The van der Waals surface area contributed by atoms with Gasteiger partial charge in [-0.05, 0) is 30.3 Å². The number of fused-ring (bicyclic) bond motifs is 1. The van der Waals surface area contributed by atoms with Gasteiger partial charge in [0, 0.05) is 21.2 Å². The fraction of sp³-hybridized carbons (Fsp3) is 0.0625. The minimum absolute atomic E-state index is 0.0771. The van der Waals surface area contributed by atoms with Crippen LogP contribution in [0.1, 0.15) is 9.67 Å². The zero-order valence-corrected chi connectivity index (χ0v) is 12.5. The number of methoxy groups -OCH3 is 1. The summed E-state index contributed by atoms with van der Waals surface area (Å²) in [6, 6.07) is 5.84. The minimum Gasteiger partial charge on any atom is -0.491 e. The zero-order chi connectivity index (χ0) is 16.7. The first-order chi connectivity index (χ1) is 10.9. The van der Waals surface area contributed by atoms with Crippen LogP contribution in [0.5, 0.6) is 5.75 Å². The van der Waals surface area contributed by atoms with Gasteiger partial charge in [0.25, 0.3) is 0 Å². The van der Waals surface area contributed by atoms with Crippen LogP contribution in [-0.4, -0.2) is 18.2 Å². The number of carboxylic acids is 1. The van der Waals surface area contributed by atoms with Crippen molar-refractivity contribution in [3.8, 4) is 16.9 Å². The smallest absolute Gasteiger partial charge is 0.346 e. The molecule has 0 atom stereocenters. The molecule has 3 nitrogen and oxygen atoms in total. The molecule has 0 unspecified atom stereocenters. The lowest BCUT2D eigenvalue weighted by Crippen LogP contribution is -1.99. The van der Waals surface area contributed by atoms with Crippen molar-refractivity contribution in [3.63, 3.8) is 0 Å². The Balaban J connectivity index is 2.40. The molecule has 0 amide bonds. The van der Waals surface area contributed by atoms with Gasteiger partial charge in [0.05, 0.1) is 7.11 Å². The van der Waals surface area contributed by atoms with Crippen molar-refractivity contribution in [1.29, 1.82) is 0 Å². The SMILES string of the molecule is COc1c(F)ccc(-c2c(C(=O)O)sc3cc(F)ccc23)c1F. The topological polar surface area (TPSA) is 46.5 Å². The average molecular weight is 338 g/mol. The fourth-order valence-electron chi connectivity index (χ4n) is 2.40. The zero-order valence-electron chi connectivity index (χ0n) is 11.7. The molecule has 3 aromatic rings. The van der Waals surface area contributed by atoms with Crippen molar-refractivity contribution in [2.24, 2.45) is 0 Å². The minimum atomic E-state index is -1.27. The van der Waals surface area contributed by atoms with E-state index in [1.165, 1.54) is 12.1 Å². The maximum absolute atomic E-state index is 14.5. The molecular weight excluding hydrogens is 329 g/mol. The average Bonchev–Trinajstić information content (AvgIpc) is 2.86. The quantitative estimate of drug-likeness (QED) is 0.753. The number of carboxylic acid groups (broad SMARTS) is 1. The number of thiophene rings is 1. The summed E-state index contributed by atoms with van der Waals surface area (Å²) in [6.45, 7) is 0. The van der Waals surface area contributed by atoms with Gasteiger partial charge in [-0.25, -0.2) is 18.0 Å². The van der Waals surface area contributed by atoms with Gasteiger partial charge in [-0.1, -0.05) is 0 Å². The van der Waals surface area contributed by atoms with E-state index in [1.807, 2.05) is 0 Å². The first-order valence-corrected chi connectivity index (χ1v) is 7.23. The Labute approximate surface area is 132 Å². The first kappa shape index (κ1) is 15.4. The molecule has 118 valence electrons. The number of rotatable bonds is 3. The third-order valence-corrected chi connectivity index (χ3v) is 4.51. The molecule has 0 bridgehead atoms. The van der Waals surface area contributed by atoms with Crippen LogP contribution in [0.15, 0.2) is 30.3 Å². The van der Waals surface area contributed by atoms with E-state index in [-0.39, 0.29) is 16.0 Å². The standard InChI is InChI=1S/C16H9F3O3S/c1-22-14-10(18)5-4-9(13(14)19)12-8-3-2-7(17)6-11(8)23-15(12)16(20)21/h2-6H,1H3,(H,20,21). The van der Waals surface area contributed by atoms with Crippen LogP contribution >= 0.6 is 11.3 Å². The Bertz CT molecular complexity index is 934. The summed E-state index contributed by atoms with van der Waals surface area (Å²) in [5, 5.41) is 9.73. The third-order valence-electron chi connectivity index (χ3n) is 3.37. The fourth-order valence-corrected chi connectivity index (χ4v) is 3.48. The summed E-state index contributed by atoms with van der Waals surface area (Å²) in [6.07, 6.45) is 0. The van der Waals surface area contributed by atoms with E-state index in [0.717, 1.165) is 36.6 Å². The van der Waals surface area contributed by atoms with Crippen LogP contribution in [-0.2, 0) is 0 Å². The molecule has 23 heavy (non-hydrogen) atoms. The molecule has 2 aromatic carbocycles. The van der Waals surface area contributed by atoms with Crippen molar-refractivity contribution in [2.45, 2.75) is 0 Å². The van der Waals surface area contributed by atoms with E-state index < -0.39 is 29.2 Å². The van der Waals surface area contributed by atoms with E-state index in [1.54, 1.807) is 0 Å². The second-order valence-electron chi connectivity index (χ2n) is 4.69. The second kappa shape index (κ2) is 5.58. The molecule has 1 aromatic heterocycles. The van der Waals surface area contributed by atoms with Crippen LogP contribution in [0.2, 0.25) is 0 Å². The largest absolute Gasteiger partial charge is 0.491 e. The molecule has 0 spiro atoms. The lowest BCUT2D eigenvalue weighted by molar-refractivity contribution is 0.0703. The number of benzene rings is 2. The summed E-state index contributed by atoms with van der Waals surface area (Å²) in [4.78, 5) is 11.3. The molecule has 0 saturated heterocycles. The Hall–Kier alpha value is -2.54. The number of halogens is 3. The molecule has 0 aliphatic heterocycles. The van der Waals surface area contributed by atoms with Gasteiger partial charge in [-0.2, -0.15) is 0 Å². The lowest BCUT2D eigenvalue weighted by atomic mass is 10.0. The van der Waals surface area contributed by atoms with E-state index in [4.69, 9.17) is 4.74 Å². The highest BCUT2D eigenvalue weighted by molar-refractivity contribution is 7.21. The number of hydrogen-bond donors (Lipinski definition) is 1. The van der Waals surface area contributed by atoms with Gasteiger partial charge in [0.15, 0.2) is 17.4 Å². The Kier molecular flexibility index (Phi) is 3.73. The van der Waals surface area contributed by atoms with Gasteiger partial charge < -0.3 is 9.84 Å². The molecule has 0 radical (unpaired) electrons.